The van der Waals surface area contributed by atoms with Crippen molar-refractivity contribution in [2.45, 2.75) is 0 Å². The average Bonchev–Trinajstić information content (AvgIpc) is 3.40. The van der Waals surface area contributed by atoms with Gasteiger partial charge in [-0.15, -0.1) is 5.10 Å². The molecule has 1 N–H and O–H groups in total. The van der Waals surface area contributed by atoms with Crippen molar-refractivity contribution in [1.29, 1.82) is 0 Å². The molecule has 30 heavy (non-hydrogen) atoms. The van der Waals surface area contributed by atoms with Crippen LogP contribution in [0.2, 0.25) is 0 Å². The highest BCUT2D eigenvalue weighted by Crippen LogP contribution is 2.21. The molecule has 4 aromatic rings. The van der Waals surface area contributed by atoms with Crippen LogP contribution in [0.3, 0.4) is 0 Å². The van der Waals surface area contributed by atoms with Crippen molar-refractivity contribution >= 4 is 23.2 Å². The molecule has 0 saturated carbocycles. The van der Waals surface area contributed by atoms with E-state index in [4.69, 9.17) is 4.74 Å². The summed E-state index contributed by atoms with van der Waals surface area (Å²) in [5, 5.41) is 11.9. The van der Waals surface area contributed by atoms with Gasteiger partial charge in [-0.1, -0.05) is 0 Å². The molecule has 1 aliphatic heterocycles. The second-order valence-corrected chi connectivity index (χ2v) is 7.01. The number of carbonyl (C=O) groups excluding carboxylic acids is 1. The number of carbonyl (C=O) groups is 1. The van der Waals surface area contributed by atoms with Crippen molar-refractivity contribution in [1.82, 2.24) is 34.3 Å². The second kappa shape index (κ2) is 7.56. The number of rotatable bonds is 4. The smallest absolute Gasteiger partial charge is 0.254 e. The van der Waals surface area contributed by atoms with Crippen LogP contribution in [0.5, 0.6) is 0 Å². The van der Waals surface area contributed by atoms with Crippen molar-refractivity contribution in [2.75, 3.05) is 31.6 Å². The van der Waals surface area contributed by atoms with Gasteiger partial charge in [0.1, 0.15) is 0 Å². The highest BCUT2D eigenvalue weighted by Gasteiger charge is 2.18. The van der Waals surface area contributed by atoms with E-state index < -0.39 is 0 Å². The van der Waals surface area contributed by atoms with Crippen LogP contribution in [0.1, 0.15) is 10.4 Å². The van der Waals surface area contributed by atoms with Gasteiger partial charge in [0, 0.05) is 43.1 Å². The summed E-state index contributed by atoms with van der Waals surface area (Å²) in [6, 6.07) is 7.30. The fourth-order valence-corrected chi connectivity index (χ4v) is 3.39. The van der Waals surface area contributed by atoms with Crippen molar-refractivity contribution in [3.8, 4) is 11.3 Å². The van der Waals surface area contributed by atoms with Crippen molar-refractivity contribution in [3.05, 3.63) is 54.6 Å². The summed E-state index contributed by atoms with van der Waals surface area (Å²) in [6.07, 6.45) is 7.04. The molecule has 10 heteroatoms. The van der Waals surface area contributed by atoms with Gasteiger partial charge in [-0.05, 0) is 24.3 Å². The summed E-state index contributed by atoms with van der Waals surface area (Å²) in [6.45, 7) is 2.41. The Kier molecular flexibility index (Phi) is 4.60. The van der Waals surface area contributed by atoms with Crippen LogP contribution >= 0.6 is 0 Å². The standard InChI is InChI=1S/C20H20N8O2/c1-26-13-15(10-22-26)17-11-21-12-18-24-20(25-28(17)18)23-16-4-2-14(3-5-16)19(29)27-6-8-30-9-7-27/h2-5,10-13H,6-9H2,1H3,(H,23,25). The van der Waals surface area contributed by atoms with Gasteiger partial charge in [-0.2, -0.15) is 10.1 Å². The minimum absolute atomic E-state index is 0.0166. The Morgan fingerprint density at radius 3 is 2.63 bits per heavy atom. The fourth-order valence-electron chi connectivity index (χ4n) is 3.39. The first-order chi connectivity index (χ1) is 14.7. The van der Waals surface area contributed by atoms with Crippen LogP contribution in [-0.2, 0) is 11.8 Å². The first-order valence-electron chi connectivity index (χ1n) is 9.61. The number of amides is 1. The van der Waals surface area contributed by atoms with Gasteiger partial charge in [0.25, 0.3) is 5.91 Å². The van der Waals surface area contributed by atoms with Gasteiger partial charge >= 0.3 is 0 Å². The number of hydrogen-bond acceptors (Lipinski definition) is 7. The predicted molar refractivity (Wildman–Crippen MR) is 109 cm³/mol. The third kappa shape index (κ3) is 3.48. The maximum atomic E-state index is 12.6. The molecule has 0 unspecified atom stereocenters. The lowest BCUT2D eigenvalue weighted by Crippen LogP contribution is -2.40. The summed E-state index contributed by atoms with van der Waals surface area (Å²) < 4.78 is 8.76. The molecular formula is C20H20N8O2. The topological polar surface area (TPSA) is 102 Å². The summed E-state index contributed by atoms with van der Waals surface area (Å²) in [7, 11) is 1.86. The summed E-state index contributed by atoms with van der Waals surface area (Å²) in [5.41, 5.74) is 3.76. The Labute approximate surface area is 172 Å². The molecule has 1 fully saturated rings. The monoisotopic (exact) mass is 404 g/mol. The van der Waals surface area contributed by atoms with E-state index in [-0.39, 0.29) is 5.91 Å². The maximum Gasteiger partial charge on any atom is 0.254 e. The zero-order valence-electron chi connectivity index (χ0n) is 16.4. The van der Waals surface area contributed by atoms with Gasteiger partial charge in [0.15, 0.2) is 5.65 Å². The zero-order valence-corrected chi connectivity index (χ0v) is 16.4. The summed E-state index contributed by atoms with van der Waals surface area (Å²) >= 11 is 0. The minimum Gasteiger partial charge on any atom is -0.378 e. The quantitative estimate of drug-likeness (QED) is 0.553. The normalized spacial score (nSPS) is 14.2. The number of aryl methyl sites for hydroxylation is 1. The van der Waals surface area contributed by atoms with E-state index >= 15 is 0 Å². The molecule has 5 rings (SSSR count). The second-order valence-electron chi connectivity index (χ2n) is 7.01. The molecule has 0 aliphatic carbocycles. The summed E-state index contributed by atoms with van der Waals surface area (Å²) in [5.74, 6) is 0.461. The maximum absolute atomic E-state index is 12.6. The Bertz CT molecular complexity index is 1190. The molecule has 152 valence electrons. The Morgan fingerprint density at radius 2 is 1.90 bits per heavy atom. The average molecular weight is 404 g/mol. The SMILES string of the molecule is Cn1cc(-c2cncc3nc(Nc4ccc(C(=O)N5CCOCC5)cc4)nn23)cn1. The van der Waals surface area contributed by atoms with E-state index in [1.54, 1.807) is 39.9 Å². The number of ether oxygens (including phenoxy) is 1. The van der Waals surface area contributed by atoms with Crippen LogP contribution in [0.25, 0.3) is 16.9 Å². The number of morpholine rings is 1. The molecular weight excluding hydrogens is 384 g/mol. The molecule has 10 nitrogen and oxygen atoms in total. The van der Waals surface area contributed by atoms with E-state index in [0.29, 0.717) is 43.5 Å². The highest BCUT2D eigenvalue weighted by atomic mass is 16.5. The Balaban J connectivity index is 1.36. The van der Waals surface area contributed by atoms with Gasteiger partial charge in [-0.25, -0.2) is 4.52 Å². The number of fused-ring (bicyclic) bond motifs is 1. The van der Waals surface area contributed by atoms with Crippen molar-refractivity contribution < 1.29 is 9.53 Å². The van der Waals surface area contributed by atoms with Crippen LogP contribution in [0.15, 0.2) is 49.1 Å². The highest BCUT2D eigenvalue weighted by molar-refractivity contribution is 5.94. The molecule has 0 spiro atoms. The van der Waals surface area contributed by atoms with Crippen molar-refractivity contribution in [2.24, 2.45) is 7.05 Å². The third-order valence-electron chi connectivity index (χ3n) is 4.93. The fraction of sp³-hybridized carbons (Fsp3) is 0.250. The van der Waals surface area contributed by atoms with Crippen LogP contribution in [0, 0.1) is 0 Å². The van der Waals surface area contributed by atoms with Crippen LogP contribution in [-0.4, -0.2) is 66.5 Å². The van der Waals surface area contributed by atoms with E-state index in [2.05, 4.69) is 25.5 Å². The van der Waals surface area contributed by atoms with Crippen LogP contribution < -0.4 is 5.32 Å². The molecule has 1 amide bonds. The van der Waals surface area contributed by atoms with Gasteiger partial charge in [0.2, 0.25) is 5.95 Å². The largest absolute Gasteiger partial charge is 0.378 e. The summed E-state index contributed by atoms with van der Waals surface area (Å²) in [4.78, 5) is 23.1. The van der Waals surface area contributed by atoms with E-state index in [1.807, 2.05) is 30.3 Å². The molecule has 0 atom stereocenters. The molecule has 4 heterocycles. The molecule has 1 saturated heterocycles. The predicted octanol–water partition coefficient (Wildman–Crippen LogP) is 1.74. The number of aromatic nitrogens is 6. The third-order valence-corrected chi connectivity index (χ3v) is 4.93. The van der Waals surface area contributed by atoms with E-state index in [1.165, 1.54) is 0 Å². The zero-order chi connectivity index (χ0) is 20.5. The van der Waals surface area contributed by atoms with Gasteiger partial charge < -0.3 is 15.0 Å². The van der Waals surface area contributed by atoms with Gasteiger partial charge in [-0.3, -0.25) is 14.5 Å². The lowest BCUT2D eigenvalue weighted by Gasteiger charge is -2.26. The van der Waals surface area contributed by atoms with E-state index in [9.17, 15) is 4.79 Å². The van der Waals surface area contributed by atoms with Gasteiger partial charge in [0.05, 0.1) is 37.5 Å². The first kappa shape index (κ1) is 18.3. The molecule has 1 aromatic carbocycles. The molecule has 1 aliphatic rings. The lowest BCUT2D eigenvalue weighted by molar-refractivity contribution is 0.0303. The molecule has 3 aromatic heterocycles. The molecule has 0 bridgehead atoms. The van der Waals surface area contributed by atoms with E-state index in [0.717, 1.165) is 16.9 Å². The minimum atomic E-state index is 0.0166. The Morgan fingerprint density at radius 1 is 1.10 bits per heavy atom. The number of benzene rings is 1. The number of anilines is 2. The lowest BCUT2D eigenvalue weighted by atomic mass is 10.1. The number of hydrogen-bond donors (Lipinski definition) is 1. The molecule has 0 radical (unpaired) electrons. The van der Waals surface area contributed by atoms with Crippen LogP contribution in [0.4, 0.5) is 11.6 Å². The number of nitrogens with one attached hydrogen (secondary N) is 1. The first-order valence-corrected chi connectivity index (χ1v) is 9.61. The number of nitrogens with zero attached hydrogens (tertiary/aromatic N) is 7. The Hall–Kier alpha value is -3.79. The van der Waals surface area contributed by atoms with Crippen molar-refractivity contribution in [3.63, 3.8) is 0 Å².